The first-order valence-electron chi connectivity index (χ1n) is 7.35. The summed E-state index contributed by atoms with van der Waals surface area (Å²) < 4.78 is 5.56. The fourth-order valence-electron chi connectivity index (χ4n) is 1.84. The van der Waals surface area contributed by atoms with E-state index in [0.29, 0.717) is 18.6 Å². The molecule has 1 atom stereocenters. The van der Waals surface area contributed by atoms with Crippen LogP contribution in [-0.2, 0) is 0 Å². The highest BCUT2D eigenvalue weighted by atomic mass is 16.5. The normalized spacial score (nSPS) is 11.9. The smallest absolute Gasteiger partial charge is 0.251 e. The van der Waals surface area contributed by atoms with Gasteiger partial charge in [-0.25, -0.2) is 0 Å². The molecule has 4 nitrogen and oxygen atoms in total. The summed E-state index contributed by atoms with van der Waals surface area (Å²) in [6, 6.07) is 7.19. The van der Waals surface area contributed by atoms with Crippen LogP contribution in [-0.4, -0.2) is 30.3 Å². The van der Waals surface area contributed by atoms with Gasteiger partial charge in [-0.1, -0.05) is 20.3 Å². The molecule has 0 saturated heterocycles. The van der Waals surface area contributed by atoms with Crippen LogP contribution in [0.5, 0.6) is 5.75 Å². The van der Waals surface area contributed by atoms with E-state index >= 15 is 0 Å². The van der Waals surface area contributed by atoms with Crippen LogP contribution in [0.2, 0.25) is 0 Å². The summed E-state index contributed by atoms with van der Waals surface area (Å²) in [5.41, 5.74) is 0.615. The van der Waals surface area contributed by atoms with Crippen LogP contribution in [0.4, 0.5) is 0 Å². The van der Waals surface area contributed by atoms with Gasteiger partial charge in [-0.3, -0.25) is 4.79 Å². The fourth-order valence-corrected chi connectivity index (χ4v) is 1.84. The zero-order valence-electron chi connectivity index (χ0n) is 12.4. The van der Waals surface area contributed by atoms with Crippen molar-refractivity contribution in [2.24, 2.45) is 0 Å². The van der Waals surface area contributed by atoms with Crippen LogP contribution < -0.4 is 10.1 Å². The molecule has 1 amide bonds. The summed E-state index contributed by atoms with van der Waals surface area (Å²) in [5, 5.41) is 11.8. The molecule has 0 radical (unpaired) electrons. The topological polar surface area (TPSA) is 58.6 Å². The van der Waals surface area contributed by atoms with Gasteiger partial charge in [0, 0.05) is 18.2 Å². The molecule has 0 fully saturated rings. The molecule has 1 aromatic carbocycles. The summed E-state index contributed by atoms with van der Waals surface area (Å²) in [6.45, 7) is 4.90. The first kappa shape index (κ1) is 16.5. The van der Waals surface area contributed by atoms with Crippen molar-refractivity contribution < 1.29 is 14.6 Å². The second-order valence-corrected chi connectivity index (χ2v) is 4.82. The van der Waals surface area contributed by atoms with Crippen molar-refractivity contribution in [3.05, 3.63) is 29.8 Å². The Hall–Kier alpha value is -1.55. The second-order valence-electron chi connectivity index (χ2n) is 4.82. The molecule has 4 heteroatoms. The van der Waals surface area contributed by atoms with Gasteiger partial charge < -0.3 is 15.2 Å². The lowest BCUT2D eigenvalue weighted by atomic mass is 10.1. The number of unbranched alkanes of at least 4 members (excludes halogenated alkanes) is 1. The lowest BCUT2D eigenvalue weighted by Gasteiger charge is -2.15. The molecule has 2 N–H and O–H groups in total. The summed E-state index contributed by atoms with van der Waals surface area (Å²) in [7, 11) is 0. The van der Waals surface area contributed by atoms with Crippen molar-refractivity contribution in [2.75, 3.05) is 13.2 Å². The van der Waals surface area contributed by atoms with Crippen LogP contribution in [0.3, 0.4) is 0 Å². The molecule has 0 aliphatic carbocycles. The highest BCUT2D eigenvalue weighted by molar-refractivity contribution is 5.94. The Labute approximate surface area is 121 Å². The Morgan fingerprint density at radius 1 is 1.30 bits per heavy atom. The van der Waals surface area contributed by atoms with Gasteiger partial charge in [0.05, 0.1) is 6.61 Å². The first-order chi connectivity index (χ1) is 9.71. The zero-order chi connectivity index (χ0) is 14.8. The monoisotopic (exact) mass is 279 g/mol. The van der Waals surface area contributed by atoms with E-state index < -0.39 is 0 Å². The van der Waals surface area contributed by atoms with E-state index in [9.17, 15) is 4.79 Å². The van der Waals surface area contributed by atoms with Gasteiger partial charge >= 0.3 is 0 Å². The van der Waals surface area contributed by atoms with E-state index in [1.807, 2.05) is 19.1 Å². The van der Waals surface area contributed by atoms with Crippen LogP contribution in [0, 0.1) is 0 Å². The SMILES string of the molecule is CCCCOc1ccc(C(=O)NC(CC)CCO)cc1. The molecule has 1 rings (SSSR count). The molecule has 0 heterocycles. The van der Waals surface area contributed by atoms with Crippen molar-refractivity contribution in [1.29, 1.82) is 0 Å². The fraction of sp³-hybridized carbons (Fsp3) is 0.562. The lowest BCUT2D eigenvalue weighted by Crippen LogP contribution is -2.35. The predicted octanol–water partition coefficient (Wildman–Crippen LogP) is 2.76. The molecule has 112 valence electrons. The molecular formula is C16H25NO3. The van der Waals surface area contributed by atoms with Gasteiger partial charge in [0.1, 0.15) is 5.75 Å². The highest BCUT2D eigenvalue weighted by Gasteiger charge is 2.11. The number of hydrogen-bond acceptors (Lipinski definition) is 3. The molecule has 1 aromatic rings. The number of aliphatic hydroxyl groups is 1. The number of aliphatic hydroxyl groups excluding tert-OH is 1. The average Bonchev–Trinajstić information content (AvgIpc) is 2.47. The molecule has 0 saturated carbocycles. The Balaban J connectivity index is 2.52. The third-order valence-corrected chi connectivity index (χ3v) is 3.19. The lowest BCUT2D eigenvalue weighted by molar-refractivity contribution is 0.0929. The Morgan fingerprint density at radius 2 is 2.00 bits per heavy atom. The van der Waals surface area contributed by atoms with Gasteiger partial charge in [-0.15, -0.1) is 0 Å². The molecule has 20 heavy (non-hydrogen) atoms. The summed E-state index contributed by atoms with van der Waals surface area (Å²) in [4.78, 5) is 12.0. The quantitative estimate of drug-likeness (QED) is 0.683. The second kappa shape index (κ2) is 9.37. The van der Waals surface area contributed by atoms with Crippen molar-refractivity contribution in [1.82, 2.24) is 5.32 Å². The zero-order valence-corrected chi connectivity index (χ0v) is 12.4. The number of carbonyl (C=O) groups is 1. The largest absolute Gasteiger partial charge is 0.494 e. The van der Waals surface area contributed by atoms with E-state index in [4.69, 9.17) is 9.84 Å². The molecule has 0 spiro atoms. The summed E-state index contributed by atoms with van der Waals surface area (Å²) >= 11 is 0. The van der Waals surface area contributed by atoms with E-state index in [0.717, 1.165) is 25.0 Å². The first-order valence-corrected chi connectivity index (χ1v) is 7.35. The molecule has 0 bridgehead atoms. The minimum Gasteiger partial charge on any atom is -0.494 e. The molecular weight excluding hydrogens is 254 g/mol. The number of nitrogens with one attached hydrogen (secondary N) is 1. The third-order valence-electron chi connectivity index (χ3n) is 3.19. The maximum atomic E-state index is 12.0. The molecule has 1 unspecified atom stereocenters. The Morgan fingerprint density at radius 3 is 2.55 bits per heavy atom. The summed E-state index contributed by atoms with van der Waals surface area (Å²) in [6.07, 6.45) is 3.52. The third kappa shape index (κ3) is 5.61. The molecule has 0 aliphatic heterocycles. The van der Waals surface area contributed by atoms with Crippen LogP contribution in [0.1, 0.15) is 49.9 Å². The maximum Gasteiger partial charge on any atom is 0.251 e. The van der Waals surface area contributed by atoms with Crippen molar-refractivity contribution >= 4 is 5.91 Å². The van der Waals surface area contributed by atoms with Crippen LogP contribution in [0.25, 0.3) is 0 Å². The van der Waals surface area contributed by atoms with Crippen LogP contribution in [0.15, 0.2) is 24.3 Å². The van der Waals surface area contributed by atoms with Gasteiger partial charge in [0.15, 0.2) is 0 Å². The van der Waals surface area contributed by atoms with E-state index in [2.05, 4.69) is 12.2 Å². The number of carbonyl (C=O) groups excluding carboxylic acids is 1. The predicted molar refractivity (Wildman–Crippen MR) is 80.1 cm³/mol. The number of amides is 1. The van der Waals surface area contributed by atoms with Gasteiger partial charge in [0.25, 0.3) is 5.91 Å². The number of rotatable bonds is 9. The number of hydrogen-bond donors (Lipinski definition) is 2. The van der Waals surface area contributed by atoms with Gasteiger partial charge in [-0.05, 0) is 43.5 Å². The van der Waals surface area contributed by atoms with Crippen molar-refractivity contribution in [3.8, 4) is 5.75 Å². The average molecular weight is 279 g/mol. The maximum absolute atomic E-state index is 12.0. The highest BCUT2D eigenvalue weighted by Crippen LogP contribution is 2.13. The van der Waals surface area contributed by atoms with Gasteiger partial charge in [0.2, 0.25) is 0 Å². The Kier molecular flexibility index (Phi) is 7.73. The van der Waals surface area contributed by atoms with Crippen molar-refractivity contribution in [2.45, 2.75) is 45.6 Å². The number of ether oxygens (including phenoxy) is 1. The summed E-state index contributed by atoms with van der Waals surface area (Å²) in [5.74, 6) is 0.683. The van der Waals surface area contributed by atoms with E-state index in [1.54, 1.807) is 12.1 Å². The molecule has 0 aromatic heterocycles. The number of benzene rings is 1. The minimum absolute atomic E-state index is 0.0213. The van der Waals surface area contributed by atoms with E-state index in [-0.39, 0.29) is 18.6 Å². The van der Waals surface area contributed by atoms with Crippen LogP contribution >= 0.6 is 0 Å². The van der Waals surface area contributed by atoms with Crippen molar-refractivity contribution in [3.63, 3.8) is 0 Å². The van der Waals surface area contributed by atoms with E-state index in [1.165, 1.54) is 0 Å². The van der Waals surface area contributed by atoms with Gasteiger partial charge in [-0.2, -0.15) is 0 Å². The Bertz CT molecular complexity index is 389. The minimum atomic E-state index is -0.106. The standard InChI is InChI=1S/C16H25NO3/c1-3-5-12-20-15-8-6-13(7-9-15)16(19)17-14(4-2)10-11-18/h6-9,14,18H,3-5,10-12H2,1-2H3,(H,17,19). The molecule has 0 aliphatic rings.